The zero-order chi connectivity index (χ0) is 24.5. The lowest BCUT2D eigenvalue weighted by atomic mass is 9.99. The van der Waals surface area contributed by atoms with Crippen LogP contribution in [0.15, 0.2) is 54.6 Å². The number of amides is 3. The summed E-state index contributed by atoms with van der Waals surface area (Å²) in [6, 6.07) is 15.0. The fraction of sp³-hybridized carbons (Fsp3) is 0.280. The van der Waals surface area contributed by atoms with Crippen LogP contribution in [0.1, 0.15) is 28.9 Å². The monoisotopic (exact) mass is 466 g/mol. The van der Waals surface area contributed by atoms with Gasteiger partial charge < -0.3 is 25.7 Å². The van der Waals surface area contributed by atoms with Crippen molar-refractivity contribution in [2.45, 2.75) is 25.8 Å². The number of aldehydes is 1. The van der Waals surface area contributed by atoms with Crippen molar-refractivity contribution >= 4 is 34.9 Å². The minimum Gasteiger partial charge on any atom is -0.356 e. The molecule has 4 rings (SSSR count). The number of halogens is 1. The standard InChI is InChI=1S/C18H19FN4O4.C7H8/c19-12-1-2-14-11(5-12)7-15(23-14)18(27)21-8-16(25)22-13(9-24)6-10-3-4-20-17(10)26;1-7-5-3-2-4-6-7/h1-2,5,7,9-10,13,23H,3-4,6,8H2,(H,20,26)(H,21,27)(H,22,25);2-6H,1H3. The Morgan fingerprint density at radius 3 is 2.56 bits per heavy atom. The summed E-state index contributed by atoms with van der Waals surface area (Å²) in [5.41, 5.74) is 2.11. The molecule has 3 aromatic rings. The molecule has 8 nitrogen and oxygen atoms in total. The van der Waals surface area contributed by atoms with Crippen molar-refractivity contribution in [3.05, 3.63) is 71.7 Å². The second kappa shape index (κ2) is 11.7. The third-order valence-electron chi connectivity index (χ3n) is 5.39. The van der Waals surface area contributed by atoms with E-state index in [0.29, 0.717) is 30.2 Å². The number of carbonyl (C=O) groups excluding carboxylic acids is 4. The average molecular weight is 467 g/mol. The summed E-state index contributed by atoms with van der Waals surface area (Å²) in [6.45, 7) is 2.32. The number of aromatic amines is 1. The molecule has 3 amide bonds. The first-order chi connectivity index (χ1) is 16.4. The molecule has 1 saturated heterocycles. The van der Waals surface area contributed by atoms with Crippen molar-refractivity contribution < 1.29 is 23.6 Å². The molecular weight excluding hydrogens is 439 g/mol. The molecule has 2 aromatic carbocycles. The van der Waals surface area contributed by atoms with Gasteiger partial charge in [0, 0.05) is 23.4 Å². The number of benzene rings is 2. The Hall–Kier alpha value is -4.01. The first-order valence-electron chi connectivity index (χ1n) is 11.0. The zero-order valence-electron chi connectivity index (χ0n) is 18.8. The number of H-pyrrole nitrogens is 1. The largest absolute Gasteiger partial charge is 0.356 e. The van der Waals surface area contributed by atoms with Crippen LogP contribution in [0.2, 0.25) is 0 Å². The maximum absolute atomic E-state index is 13.2. The minimum atomic E-state index is -0.792. The molecule has 1 aliphatic rings. The van der Waals surface area contributed by atoms with Crippen LogP contribution in [0.4, 0.5) is 4.39 Å². The topological polar surface area (TPSA) is 120 Å². The molecule has 0 saturated carbocycles. The van der Waals surface area contributed by atoms with Gasteiger partial charge in [-0.2, -0.15) is 0 Å². The molecular formula is C25H27FN4O4. The molecule has 2 unspecified atom stereocenters. The Bertz CT molecular complexity index is 1160. The van der Waals surface area contributed by atoms with Gasteiger partial charge in [0.1, 0.15) is 17.8 Å². The maximum atomic E-state index is 13.2. The first-order valence-corrected chi connectivity index (χ1v) is 11.0. The normalized spacial score (nSPS) is 15.6. The molecule has 1 aromatic heterocycles. The van der Waals surface area contributed by atoms with E-state index in [4.69, 9.17) is 0 Å². The minimum absolute atomic E-state index is 0.125. The number of nitrogens with one attached hydrogen (secondary N) is 4. The molecule has 0 radical (unpaired) electrons. The van der Waals surface area contributed by atoms with E-state index in [-0.39, 0.29) is 30.5 Å². The molecule has 1 aliphatic heterocycles. The SMILES string of the molecule is Cc1ccccc1.O=CC(CC1CCNC1=O)NC(=O)CNC(=O)c1cc2cc(F)ccc2[nH]1. The average Bonchev–Trinajstić information content (AvgIpc) is 3.43. The van der Waals surface area contributed by atoms with Crippen LogP contribution in [0.5, 0.6) is 0 Å². The predicted octanol–water partition coefficient (Wildman–Crippen LogP) is 2.24. The highest BCUT2D eigenvalue weighted by Crippen LogP contribution is 2.17. The molecule has 1 fully saturated rings. The van der Waals surface area contributed by atoms with Crippen molar-refractivity contribution in [2.24, 2.45) is 5.92 Å². The molecule has 2 heterocycles. The van der Waals surface area contributed by atoms with Gasteiger partial charge in [0.15, 0.2) is 0 Å². The lowest BCUT2D eigenvalue weighted by Crippen LogP contribution is -2.44. The number of carbonyl (C=O) groups is 4. The summed E-state index contributed by atoms with van der Waals surface area (Å²) in [5, 5.41) is 8.14. The van der Waals surface area contributed by atoms with Crippen LogP contribution in [0, 0.1) is 18.7 Å². The quantitative estimate of drug-likeness (QED) is 0.399. The summed E-state index contributed by atoms with van der Waals surface area (Å²) in [7, 11) is 0. The van der Waals surface area contributed by atoms with Gasteiger partial charge in [-0.15, -0.1) is 0 Å². The summed E-state index contributed by atoms with van der Waals surface area (Å²) in [6.07, 6.45) is 1.43. The van der Waals surface area contributed by atoms with Gasteiger partial charge in [0.2, 0.25) is 11.8 Å². The number of aryl methyl sites for hydroxylation is 1. The third-order valence-corrected chi connectivity index (χ3v) is 5.39. The van der Waals surface area contributed by atoms with Gasteiger partial charge in [-0.05, 0) is 44.0 Å². The zero-order valence-corrected chi connectivity index (χ0v) is 18.8. The van der Waals surface area contributed by atoms with Gasteiger partial charge in [0.05, 0.1) is 12.6 Å². The van der Waals surface area contributed by atoms with Crippen LogP contribution in [-0.2, 0) is 14.4 Å². The van der Waals surface area contributed by atoms with E-state index in [1.807, 2.05) is 18.2 Å². The van der Waals surface area contributed by atoms with Crippen molar-refractivity contribution in [2.75, 3.05) is 13.1 Å². The predicted molar refractivity (Wildman–Crippen MR) is 125 cm³/mol. The Kier molecular flexibility index (Phi) is 8.50. The maximum Gasteiger partial charge on any atom is 0.268 e. The number of rotatable bonds is 7. The Labute approximate surface area is 196 Å². The molecule has 2 atom stereocenters. The van der Waals surface area contributed by atoms with Gasteiger partial charge in [-0.1, -0.05) is 35.9 Å². The molecule has 0 spiro atoms. The van der Waals surface area contributed by atoms with Crippen molar-refractivity contribution in [3.63, 3.8) is 0 Å². The Morgan fingerprint density at radius 1 is 1.18 bits per heavy atom. The molecule has 0 bridgehead atoms. The van der Waals surface area contributed by atoms with Crippen LogP contribution < -0.4 is 16.0 Å². The van der Waals surface area contributed by atoms with E-state index < -0.39 is 23.7 Å². The number of aromatic nitrogens is 1. The summed E-state index contributed by atoms with van der Waals surface area (Å²) < 4.78 is 13.2. The lowest BCUT2D eigenvalue weighted by Gasteiger charge is -2.15. The first kappa shape index (κ1) is 24.6. The molecule has 9 heteroatoms. The molecule has 0 aliphatic carbocycles. The van der Waals surface area contributed by atoms with Crippen LogP contribution in [0.3, 0.4) is 0 Å². The molecule has 178 valence electrons. The summed E-state index contributed by atoms with van der Waals surface area (Å²) >= 11 is 0. The van der Waals surface area contributed by atoms with Gasteiger partial charge >= 0.3 is 0 Å². The molecule has 4 N–H and O–H groups in total. The Balaban J connectivity index is 0.000000396. The highest BCUT2D eigenvalue weighted by Gasteiger charge is 2.27. The van der Waals surface area contributed by atoms with E-state index in [9.17, 15) is 23.6 Å². The van der Waals surface area contributed by atoms with E-state index >= 15 is 0 Å². The van der Waals surface area contributed by atoms with E-state index in [0.717, 1.165) is 0 Å². The highest BCUT2D eigenvalue weighted by atomic mass is 19.1. The molecule has 34 heavy (non-hydrogen) atoms. The van der Waals surface area contributed by atoms with Crippen molar-refractivity contribution in [1.29, 1.82) is 0 Å². The number of hydrogen-bond donors (Lipinski definition) is 4. The highest BCUT2D eigenvalue weighted by molar-refractivity contribution is 5.99. The van der Waals surface area contributed by atoms with E-state index in [2.05, 4.69) is 40.0 Å². The number of hydrogen-bond acceptors (Lipinski definition) is 4. The van der Waals surface area contributed by atoms with Gasteiger partial charge in [-0.25, -0.2) is 4.39 Å². The van der Waals surface area contributed by atoms with Crippen LogP contribution >= 0.6 is 0 Å². The van der Waals surface area contributed by atoms with Gasteiger partial charge in [0.25, 0.3) is 5.91 Å². The second-order valence-electron chi connectivity index (χ2n) is 8.07. The van der Waals surface area contributed by atoms with Crippen molar-refractivity contribution in [3.8, 4) is 0 Å². The van der Waals surface area contributed by atoms with Crippen LogP contribution in [-0.4, -0.2) is 48.1 Å². The van der Waals surface area contributed by atoms with E-state index in [1.165, 1.54) is 29.8 Å². The second-order valence-corrected chi connectivity index (χ2v) is 8.07. The Morgan fingerprint density at radius 2 is 1.94 bits per heavy atom. The smallest absolute Gasteiger partial charge is 0.268 e. The third kappa shape index (κ3) is 6.99. The van der Waals surface area contributed by atoms with E-state index in [1.54, 1.807) is 0 Å². The summed E-state index contributed by atoms with van der Waals surface area (Å²) in [4.78, 5) is 49.7. The lowest BCUT2D eigenvalue weighted by molar-refractivity contribution is -0.125. The van der Waals surface area contributed by atoms with Gasteiger partial charge in [-0.3, -0.25) is 14.4 Å². The fourth-order valence-corrected chi connectivity index (χ4v) is 3.60. The summed E-state index contributed by atoms with van der Waals surface area (Å²) in [5.74, 6) is -1.91. The van der Waals surface area contributed by atoms with Crippen molar-refractivity contribution in [1.82, 2.24) is 20.9 Å². The number of fused-ring (bicyclic) bond motifs is 1. The fourth-order valence-electron chi connectivity index (χ4n) is 3.60. The van der Waals surface area contributed by atoms with Crippen LogP contribution in [0.25, 0.3) is 10.9 Å².